The zero-order chi connectivity index (χ0) is 17.4. The number of amides is 1. The van der Waals surface area contributed by atoms with Crippen LogP contribution in [0.5, 0.6) is 0 Å². The summed E-state index contributed by atoms with van der Waals surface area (Å²) in [7, 11) is 0. The summed E-state index contributed by atoms with van der Waals surface area (Å²) in [5.74, 6) is 0.243. The highest BCUT2D eigenvalue weighted by Crippen LogP contribution is 2.44. The Morgan fingerprint density at radius 2 is 1.76 bits per heavy atom. The van der Waals surface area contributed by atoms with Crippen molar-refractivity contribution in [1.82, 2.24) is 4.90 Å². The van der Waals surface area contributed by atoms with Crippen molar-refractivity contribution in [2.24, 2.45) is 5.92 Å². The van der Waals surface area contributed by atoms with E-state index in [1.54, 1.807) is 11.8 Å². The van der Waals surface area contributed by atoms with E-state index < -0.39 is 0 Å². The Morgan fingerprint density at radius 1 is 1.16 bits per heavy atom. The van der Waals surface area contributed by atoms with Gasteiger partial charge in [0.2, 0.25) is 0 Å². The molecule has 2 atom stereocenters. The Hall–Kier alpha value is -2.33. The lowest BCUT2D eigenvalue weighted by Gasteiger charge is -2.20. The minimum Gasteiger partial charge on any atom is -0.448 e. The van der Waals surface area contributed by atoms with E-state index in [1.807, 2.05) is 24.3 Å². The molecule has 130 valence electrons. The zero-order valence-corrected chi connectivity index (χ0v) is 14.4. The van der Waals surface area contributed by atoms with Gasteiger partial charge in [-0.1, -0.05) is 48.5 Å². The fraction of sp³-hybridized carbons (Fsp3) is 0.381. The summed E-state index contributed by atoms with van der Waals surface area (Å²) in [6, 6.07) is 16.7. The van der Waals surface area contributed by atoms with E-state index in [0.717, 1.165) is 6.42 Å². The first-order valence-corrected chi connectivity index (χ1v) is 8.93. The van der Waals surface area contributed by atoms with Gasteiger partial charge in [-0.3, -0.25) is 0 Å². The Kier molecular flexibility index (Phi) is 4.22. The van der Waals surface area contributed by atoms with Crippen LogP contribution in [-0.2, 0) is 4.74 Å². The van der Waals surface area contributed by atoms with Crippen molar-refractivity contribution >= 4 is 6.09 Å². The molecule has 2 aromatic carbocycles. The number of carbonyl (C=O) groups excluding carboxylic acids is 1. The van der Waals surface area contributed by atoms with Crippen LogP contribution in [0.2, 0.25) is 0 Å². The second-order valence-corrected chi connectivity index (χ2v) is 7.04. The van der Waals surface area contributed by atoms with Crippen LogP contribution >= 0.6 is 0 Å². The van der Waals surface area contributed by atoms with Crippen molar-refractivity contribution in [1.29, 1.82) is 0 Å². The maximum absolute atomic E-state index is 12.4. The minimum absolute atomic E-state index is 0.0894. The average molecular weight is 337 g/mol. The molecule has 2 aromatic rings. The van der Waals surface area contributed by atoms with Gasteiger partial charge < -0.3 is 14.7 Å². The van der Waals surface area contributed by atoms with Gasteiger partial charge >= 0.3 is 6.09 Å². The Balaban J connectivity index is 1.47. The van der Waals surface area contributed by atoms with Crippen molar-refractivity contribution in [2.45, 2.75) is 25.4 Å². The highest BCUT2D eigenvalue weighted by Gasteiger charge is 2.32. The van der Waals surface area contributed by atoms with Crippen LogP contribution in [0, 0.1) is 5.92 Å². The third-order valence-corrected chi connectivity index (χ3v) is 5.50. The standard InChI is InChI=1S/C21H23NO3/c1-14(23)15-10-11-22(12-15)21(24)25-13-20-18-8-4-2-6-16(18)17-7-3-5-9-19(17)20/h2-9,14-15,20,23H,10-13H2,1H3. The molecular weight excluding hydrogens is 314 g/mol. The number of fused-ring (bicyclic) bond motifs is 3. The Bertz CT molecular complexity index is 741. The lowest BCUT2D eigenvalue weighted by molar-refractivity contribution is 0.0975. The summed E-state index contributed by atoms with van der Waals surface area (Å²) in [4.78, 5) is 14.1. The van der Waals surface area contributed by atoms with E-state index in [0.29, 0.717) is 19.7 Å². The lowest BCUT2D eigenvalue weighted by Crippen LogP contribution is -2.31. The monoisotopic (exact) mass is 337 g/mol. The normalized spacial score (nSPS) is 20.2. The Labute approximate surface area is 148 Å². The molecule has 0 radical (unpaired) electrons. The molecule has 4 nitrogen and oxygen atoms in total. The Morgan fingerprint density at radius 3 is 2.32 bits per heavy atom. The van der Waals surface area contributed by atoms with Crippen LogP contribution < -0.4 is 0 Å². The van der Waals surface area contributed by atoms with Gasteiger partial charge in [-0.25, -0.2) is 4.79 Å². The number of hydrogen-bond acceptors (Lipinski definition) is 3. The van der Waals surface area contributed by atoms with Crippen LogP contribution in [0.1, 0.15) is 30.4 Å². The summed E-state index contributed by atoms with van der Waals surface area (Å²) < 4.78 is 5.66. The van der Waals surface area contributed by atoms with Crippen LogP contribution in [0.25, 0.3) is 11.1 Å². The van der Waals surface area contributed by atoms with Crippen LogP contribution in [0.3, 0.4) is 0 Å². The van der Waals surface area contributed by atoms with E-state index >= 15 is 0 Å². The predicted octanol–water partition coefficient (Wildman–Crippen LogP) is 3.64. The molecule has 4 heteroatoms. The van der Waals surface area contributed by atoms with Crippen LogP contribution in [0.15, 0.2) is 48.5 Å². The van der Waals surface area contributed by atoms with Crippen molar-refractivity contribution in [3.63, 3.8) is 0 Å². The van der Waals surface area contributed by atoms with Gasteiger partial charge in [-0.05, 0) is 35.6 Å². The first-order chi connectivity index (χ1) is 12.1. The van der Waals surface area contributed by atoms with Crippen molar-refractivity contribution < 1.29 is 14.6 Å². The molecule has 0 saturated carbocycles. The molecule has 2 unspecified atom stereocenters. The van der Waals surface area contributed by atoms with E-state index in [2.05, 4.69) is 24.3 Å². The first kappa shape index (κ1) is 16.2. The van der Waals surface area contributed by atoms with Gasteiger partial charge in [0.15, 0.2) is 0 Å². The number of nitrogens with zero attached hydrogens (tertiary/aromatic N) is 1. The van der Waals surface area contributed by atoms with Crippen molar-refractivity contribution in [3.8, 4) is 11.1 Å². The summed E-state index contributed by atoms with van der Waals surface area (Å²) in [6.45, 7) is 3.37. The predicted molar refractivity (Wildman–Crippen MR) is 96.4 cm³/mol. The molecule has 25 heavy (non-hydrogen) atoms. The molecule has 1 fully saturated rings. The number of benzene rings is 2. The highest BCUT2D eigenvalue weighted by molar-refractivity contribution is 5.79. The van der Waals surface area contributed by atoms with Crippen molar-refractivity contribution in [2.75, 3.05) is 19.7 Å². The maximum atomic E-state index is 12.4. The van der Waals surface area contributed by atoms with Gasteiger partial charge in [0.1, 0.15) is 6.61 Å². The molecular formula is C21H23NO3. The van der Waals surface area contributed by atoms with E-state index in [-0.39, 0.29) is 24.0 Å². The molecule has 0 aromatic heterocycles. The largest absolute Gasteiger partial charge is 0.448 e. The van der Waals surface area contributed by atoms with E-state index in [4.69, 9.17) is 4.74 Å². The molecule has 0 spiro atoms. The second kappa shape index (κ2) is 6.52. The summed E-state index contributed by atoms with van der Waals surface area (Å²) in [5, 5.41) is 9.69. The number of carbonyl (C=O) groups is 1. The molecule has 1 N–H and O–H groups in total. The van der Waals surface area contributed by atoms with E-state index in [1.165, 1.54) is 22.3 Å². The zero-order valence-electron chi connectivity index (χ0n) is 14.4. The van der Waals surface area contributed by atoms with Gasteiger partial charge in [-0.15, -0.1) is 0 Å². The van der Waals surface area contributed by atoms with Gasteiger partial charge in [0.25, 0.3) is 0 Å². The average Bonchev–Trinajstić information content (AvgIpc) is 3.24. The minimum atomic E-state index is -0.383. The van der Waals surface area contributed by atoms with Crippen LogP contribution in [-0.4, -0.2) is 41.9 Å². The maximum Gasteiger partial charge on any atom is 0.409 e. The number of rotatable bonds is 3. The third-order valence-electron chi connectivity index (χ3n) is 5.50. The number of likely N-dealkylation sites (tertiary alicyclic amines) is 1. The molecule has 1 saturated heterocycles. The molecule has 1 aliphatic carbocycles. The number of ether oxygens (including phenoxy) is 1. The number of aliphatic hydroxyl groups is 1. The molecule has 2 aliphatic rings. The lowest BCUT2D eigenvalue weighted by atomic mass is 9.98. The quantitative estimate of drug-likeness (QED) is 0.930. The first-order valence-electron chi connectivity index (χ1n) is 8.93. The third kappa shape index (κ3) is 2.91. The van der Waals surface area contributed by atoms with Gasteiger partial charge in [-0.2, -0.15) is 0 Å². The molecule has 4 rings (SSSR count). The number of hydrogen-bond donors (Lipinski definition) is 1. The van der Waals surface area contributed by atoms with Crippen molar-refractivity contribution in [3.05, 3.63) is 59.7 Å². The molecule has 1 heterocycles. The smallest absolute Gasteiger partial charge is 0.409 e. The van der Waals surface area contributed by atoms with E-state index in [9.17, 15) is 9.90 Å². The fourth-order valence-electron chi connectivity index (χ4n) is 4.03. The summed E-state index contributed by atoms with van der Waals surface area (Å²) >= 11 is 0. The summed E-state index contributed by atoms with van der Waals surface area (Å²) in [5.41, 5.74) is 4.91. The molecule has 1 amide bonds. The molecule has 1 aliphatic heterocycles. The van der Waals surface area contributed by atoms with Gasteiger partial charge in [0, 0.05) is 24.9 Å². The highest BCUT2D eigenvalue weighted by atomic mass is 16.6. The fourth-order valence-corrected chi connectivity index (χ4v) is 4.03. The summed E-state index contributed by atoms with van der Waals surface area (Å²) in [6.07, 6.45) is 0.179. The SMILES string of the molecule is CC(O)C1CCN(C(=O)OCC2c3ccccc3-c3ccccc32)C1. The topological polar surface area (TPSA) is 49.8 Å². The van der Waals surface area contributed by atoms with Crippen LogP contribution in [0.4, 0.5) is 4.79 Å². The van der Waals surface area contributed by atoms with Gasteiger partial charge in [0.05, 0.1) is 6.10 Å². The second-order valence-electron chi connectivity index (χ2n) is 7.04. The molecule has 0 bridgehead atoms. The number of aliphatic hydroxyl groups excluding tert-OH is 1.